The van der Waals surface area contributed by atoms with Gasteiger partial charge in [-0.15, -0.1) is 0 Å². The first-order valence-corrected chi connectivity index (χ1v) is 23.1. The van der Waals surface area contributed by atoms with Gasteiger partial charge in [0.2, 0.25) is 17.7 Å². The van der Waals surface area contributed by atoms with Gasteiger partial charge in [-0.3, -0.25) is 19.2 Å². The third-order valence-electron chi connectivity index (χ3n) is 13.1. The third kappa shape index (κ3) is 10.5. The second-order valence-electron chi connectivity index (χ2n) is 18.7. The Morgan fingerprint density at radius 3 is 2.46 bits per heavy atom. The van der Waals surface area contributed by atoms with Crippen LogP contribution in [-0.2, 0) is 34.0 Å². The lowest BCUT2D eigenvalue weighted by Crippen LogP contribution is -2.57. The number of halogens is 2. The van der Waals surface area contributed by atoms with Crippen molar-refractivity contribution in [2.75, 3.05) is 11.9 Å². The minimum Gasteiger partial charge on any atom is -0.379 e. The Morgan fingerprint density at radius 1 is 0.984 bits per heavy atom. The Morgan fingerprint density at radius 2 is 1.75 bits per heavy atom. The molecule has 1 unspecified atom stereocenters. The van der Waals surface area contributed by atoms with E-state index in [1.807, 2.05) is 78.4 Å². The van der Waals surface area contributed by atoms with Gasteiger partial charge in [-0.05, 0) is 97.9 Å². The molecule has 4 aromatic rings. The van der Waals surface area contributed by atoms with Crippen molar-refractivity contribution in [3.8, 4) is 0 Å². The zero-order chi connectivity index (χ0) is 45.0. The van der Waals surface area contributed by atoms with E-state index >= 15 is 4.79 Å². The number of benzene rings is 3. The van der Waals surface area contributed by atoms with Crippen molar-refractivity contribution in [2.24, 2.45) is 17.3 Å². The Labute approximate surface area is 382 Å². The van der Waals surface area contributed by atoms with E-state index in [0.717, 1.165) is 40.9 Å². The monoisotopic (exact) mass is 893 g/mol. The lowest BCUT2D eigenvalue weighted by atomic mass is 9.66. The molecule has 5 atom stereocenters. The molecule has 4 amide bonds. The predicted octanol–water partition coefficient (Wildman–Crippen LogP) is 9.67. The molecule has 3 aliphatic heterocycles. The molecule has 0 saturated carbocycles. The van der Waals surface area contributed by atoms with Gasteiger partial charge in [-0.25, -0.2) is 4.98 Å². The number of likely N-dealkylation sites (tertiary alicyclic amines) is 1. The summed E-state index contributed by atoms with van der Waals surface area (Å²) in [5, 5.41) is 10.6. The quantitative estimate of drug-likeness (QED) is 0.0907. The standard InChI is InChI=1S/C50H61Cl2N7O4/c1-31(2)14-20-43(32(3)4)59-46(34-16-18-36(51)19-17-34)40(35-10-7-11-37(52)24-35)25-50(6,49(59)63)26-45(60)53-22-9-23-57-28-38(55-30-57)27-54-42-13-8-12-39-41(42)29-58(48(39)62)44-21-15-33(5)56-47(44)61/h7-8,10-13,16-19,24,28,30-32,40,43-44,46,54H,5,9,14-15,20-23,25-27,29H2,1-4,6H3,(H,53,60)(H,56,61)/t40-,43-,44?,46-,50-/m1/s1. The van der Waals surface area contributed by atoms with Crippen molar-refractivity contribution in [2.45, 2.75) is 123 Å². The summed E-state index contributed by atoms with van der Waals surface area (Å²) in [4.78, 5) is 63.4. The van der Waals surface area contributed by atoms with Crippen LogP contribution in [0.5, 0.6) is 0 Å². The second kappa shape index (κ2) is 19.7. The highest BCUT2D eigenvalue weighted by molar-refractivity contribution is 6.30. The van der Waals surface area contributed by atoms with Crippen LogP contribution in [0.2, 0.25) is 10.0 Å². The van der Waals surface area contributed by atoms with E-state index in [2.05, 4.69) is 66.2 Å². The summed E-state index contributed by atoms with van der Waals surface area (Å²) >= 11 is 13.0. The average Bonchev–Trinajstić information content (AvgIpc) is 3.84. The lowest BCUT2D eigenvalue weighted by Gasteiger charge is -2.53. The van der Waals surface area contributed by atoms with E-state index in [-0.39, 0.29) is 54.0 Å². The first-order chi connectivity index (χ1) is 30.1. The van der Waals surface area contributed by atoms with Gasteiger partial charge < -0.3 is 30.3 Å². The minimum absolute atomic E-state index is 0.00510. The number of amides is 4. The molecule has 13 heteroatoms. The summed E-state index contributed by atoms with van der Waals surface area (Å²) in [5.74, 6) is 0.0746. The summed E-state index contributed by atoms with van der Waals surface area (Å²) in [6.45, 7) is 16.5. The third-order valence-corrected chi connectivity index (χ3v) is 13.6. The number of carbonyl (C=O) groups is 4. The predicted molar refractivity (Wildman–Crippen MR) is 249 cm³/mol. The maximum Gasteiger partial charge on any atom is 0.255 e. The number of hydrogen-bond donors (Lipinski definition) is 3. The molecule has 7 rings (SSSR count). The van der Waals surface area contributed by atoms with Gasteiger partial charge in [0, 0.05) is 76.8 Å². The number of carbonyl (C=O) groups excluding carboxylic acids is 4. The summed E-state index contributed by atoms with van der Waals surface area (Å²) in [5.41, 5.74) is 4.93. The van der Waals surface area contributed by atoms with Crippen LogP contribution in [0.25, 0.3) is 0 Å². The molecule has 0 spiro atoms. The maximum atomic E-state index is 15.1. The van der Waals surface area contributed by atoms with E-state index in [4.69, 9.17) is 23.2 Å². The number of nitrogens with one attached hydrogen (secondary N) is 3. The van der Waals surface area contributed by atoms with E-state index in [1.54, 1.807) is 11.2 Å². The summed E-state index contributed by atoms with van der Waals surface area (Å²) in [6, 6.07) is 20.6. The number of aromatic nitrogens is 2. The number of allylic oxidation sites excluding steroid dienone is 1. The number of nitrogens with zero attached hydrogens (tertiary/aromatic N) is 4. The van der Waals surface area contributed by atoms with Crippen molar-refractivity contribution in [1.82, 2.24) is 30.0 Å². The number of aryl methyl sites for hydroxylation is 1. The summed E-state index contributed by atoms with van der Waals surface area (Å²) in [6.07, 6.45) is 8.02. The van der Waals surface area contributed by atoms with Crippen molar-refractivity contribution in [1.29, 1.82) is 0 Å². The van der Waals surface area contributed by atoms with Crippen molar-refractivity contribution in [3.05, 3.63) is 130 Å². The molecule has 11 nitrogen and oxygen atoms in total. The van der Waals surface area contributed by atoms with E-state index in [0.29, 0.717) is 79.1 Å². The van der Waals surface area contributed by atoms with Crippen molar-refractivity contribution < 1.29 is 19.2 Å². The number of fused-ring (bicyclic) bond motifs is 1. The van der Waals surface area contributed by atoms with E-state index in [9.17, 15) is 14.4 Å². The van der Waals surface area contributed by atoms with Crippen LogP contribution in [0.3, 0.4) is 0 Å². The SMILES string of the molecule is C=C1CCC(N2Cc3c(NCc4cn(CCCNC(=O)C[C@@]5(C)C[C@H](c6cccc(Cl)c6)[C@@H](c6ccc(Cl)cc6)N([C@H](CCC(C)C)C(C)C)C5=O)cn4)cccc3C2=O)C(=O)N1. The van der Waals surface area contributed by atoms with Crippen LogP contribution in [-0.4, -0.2) is 61.6 Å². The fourth-order valence-corrected chi connectivity index (χ4v) is 10.1. The number of anilines is 1. The second-order valence-corrected chi connectivity index (χ2v) is 19.5. The fraction of sp³-hybridized carbons (Fsp3) is 0.460. The minimum atomic E-state index is -0.957. The molecule has 3 N–H and O–H groups in total. The van der Waals surface area contributed by atoms with Crippen molar-refractivity contribution >= 4 is 52.5 Å². The van der Waals surface area contributed by atoms with Crippen LogP contribution in [0.15, 0.2) is 91.5 Å². The number of hydrogen-bond acceptors (Lipinski definition) is 6. The molecule has 1 aromatic heterocycles. The lowest BCUT2D eigenvalue weighted by molar-refractivity contribution is -0.159. The molecular formula is C50H61Cl2N7O4. The highest BCUT2D eigenvalue weighted by Crippen LogP contribution is 2.53. The molecule has 2 fully saturated rings. The molecular weight excluding hydrogens is 834 g/mol. The van der Waals surface area contributed by atoms with Crippen LogP contribution in [0, 0.1) is 17.3 Å². The Bertz CT molecular complexity index is 2330. The number of imidazole rings is 1. The molecule has 3 aliphatic rings. The Hall–Kier alpha value is -5.13. The zero-order valence-corrected chi connectivity index (χ0v) is 38.6. The fourth-order valence-electron chi connectivity index (χ4n) is 9.75. The van der Waals surface area contributed by atoms with Gasteiger partial charge >= 0.3 is 0 Å². The smallest absolute Gasteiger partial charge is 0.255 e. The highest BCUT2D eigenvalue weighted by Gasteiger charge is 2.52. The van der Waals surface area contributed by atoms with Gasteiger partial charge in [0.1, 0.15) is 6.04 Å². The first-order valence-electron chi connectivity index (χ1n) is 22.4. The largest absolute Gasteiger partial charge is 0.379 e. The summed E-state index contributed by atoms with van der Waals surface area (Å²) < 4.78 is 2.00. The molecule has 334 valence electrons. The van der Waals surface area contributed by atoms with Gasteiger partial charge in [-0.1, -0.05) is 94.7 Å². The van der Waals surface area contributed by atoms with E-state index in [1.165, 1.54) is 0 Å². The molecule has 2 saturated heterocycles. The zero-order valence-electron chi connectivity index (χ0n) is 37.1. The van der Waals surface area contributed by atoms with Crippen LogP contribution < -0.4 is 16.0 Å². The number of piperidine rings is 2. The van der Waals surface area contributed by atoms with Gasteiger partial charge in [-0.2, -0.15) is 0 Å². The normalized spacial score (nSPS) is 21.8. The number of rotatable bonds is 17. The van der Waals surface area contributed by atoms with Gasteiger partial charge in [0.25, 0.3) is 5.91 Å². The highest BCUT2D eigenvalue weighted by atomic mass is 35.5. The van der Waals surface area contributed by atoms with Gasteiger partial charge in [0.05, 0.1) is 30.0 Å². The van der Waals surface area contributed by atoms with Crippen LogP contribution in [0.4, 0.5) is 5.69 Å². The molecule has 4 heterocycles. The molecule has 63 heavy (non-hydrogen) atoms. The topological polar surface area (TPSA) is 129 Å². The first kappa shape index (κ1) is 45.9. The van der Waals surface area contributed by atoms with Crippen LogP contribution >= 0.6 is 23.2 Å². The average molecular weight is 895 g/mol. The molecule has 0 aliphatic carbocycles. The summed E-state index contributed by atoms with van der Waals surface area (Å²) in [7, 11) is 0. The Kier molecular flexibility index (Phi) is 14.4. The molecule has 3 aromatic carbocycles. The Balaban J connectivity index is 0.987. The molecule has 0 bridgehead atoms. The van der Waals surface area contributed by atoms with Crippen LogP contribution in [0.1, 0.15) is 124 Å². The van der Waals surface area contributed by atoms with Crippen molar-refractivity contribution in [3.63, 3.8) is 0 Å². The maximum absolute atomic E-state index is 15.1. The van der Waals surface area contributed by atoms with E-state index < -0.39 is 11.5 Å². The van der Waals surface area contributed by atoms with Gasteiger partial charge in [0.15, 0.2) is 0 Å². The molecule has 0 radical (unpaired) electrons.